The summed E-state index contributed by atoms with van der Waals surface area (Å²) in [6, 6.07) is 54.9. The number of aromatic amines is 4. The fourth-order valence-corrected chi connectivity index (χ4v) is 16.0. The molecule has 11 aromatic heterocycles. The molecule has 7 N–H and O–H groups in total. The molecular formula is C104H113BF9Ir4N17O2-5. The number of pyridine rings is 7. The molecule has 1 unspecified atom stereocenters. The van der Waals surface area contributed by atoms with Crippen LogP contribution in [0.3, 0.4) is 0 Å². The first-order valence-corrected chi connectivity index (χ1v) is 44.1. The number of alkyl halides is 3. The van der Waals surface area contributed by atoms with Gasteiger partial charge < -0.3 is 30.8 Å². The van der Waals surface area contributed by atoms with Crippen LogP contribution in [-0.2, 0) is 99.7 Å². The molecule has 18 rings (SSSR count). The summed E-state index contributed by atoms with van der Waals surface area (Å²) in [6.45, 7) is 13.8. The summed E-state index contributed by atoms with van der Waals surface area (Å²) in [6.07, 6.45) is 48.9. The second-order valence-electron chi connectivity index (χ2n) is 34.2. The number of nitrogens with zero attached hydrogens (tertiary/aromatic N) is 11. The number of halogens is 9. The molecule has 14 aromatic rings. The quantitative estimate of drug-likeness (QED) is 0.0153. The minimum Gasteiger partial charge on any atom is -0.697 e. The number of aromatic carboxylic acids is 1. The number of H-pyrrole nitrogens is 4. The summed E-state index contributed by atoms with van der Waals surface area (Å²) in [5, 5.41) is 39.8. The van der Waals surface area contributed by atoms with Crippen LogP contribution in [0, 0.1) is 93.4 Å². The fourth-order valence-electron chi connectivity index (χ4n) is 16.0. The minimum absolute atomic E-state index is 0. The summed E-state index contributed by atoms with van der Waals surface area (Å²) >= 11 is 0. The van der Waals surface area contributed by atoms with Gasteiger partial charge in [-0.15, -0.1) is 71.4 Å². The standard InChI is InChI=1S/C21H24F2N.C20H24N.C19H20F2N.C17H17F2N2.C9H7F3N3.C6H5NO2.4C3H4N2.B.4Ir/c1-21(11-3-2-4-12-21)13-5-6-16-7-10-20(24-15-16)18-9-8-17(22)14-19(18)23;1-16-6-5-7-18(14-16)19-9-8-17(15-21-19)10-13-20(2)11-3-4-12-20;1-13(19(2)8-3-4-9-19)14-7-10-22-18(11-14)16-6-5-15(20)12-17(16)21;1-17(7-2-3-8-17)11-12-6-9-20-14(10-12)13-4-5-15(18)21-16(13)19;10-9(11,12)8(14)5-6(13)7-3-1-2-4-15-7;8-6(9)5-3-1-2-4-7-5;4*1-2-4-5-3-1;;;;;/h7-8,10,14-15H,2-6,11-13H2,1H3;5-6,8-9,14-15H,3-4,10-13H2,1-2H3;5,7,10-13H,3-4,8-9H2,1-2H3;5-6,9-10H,2-3,7-8,11H2,1H3;1-5,13-14H;1-4H,(H,8,9);4*1-3H,(H,4,5);;;;;/q5*-1;;;;;;;;;;/b;;;;6-5-,14-8?;;;;;;;;;;. The Morgan fingerprint density at radius 1 is 0.489 bits per heavy atom. The van der Waals surface area contributed by atoms with Crippen molar-refractivity contribution in [2.75, 3.05) is 0 Å². The number of carboxylic acid groups (broad SMARTS) is 1. The van der Waals surface area contributed by atoms with Crippen LogP contribution >= 0.6 is 0 Å². The van der Waals surface area contributed by atoms with Gasteiger partial charge >= 0.3 is 12.1 Å². The number of allylic oxidation sites excluding steroid dienone is 1. The van der Waals surface area contributed by atoms with E-state index in [0.717, 1.165) is 78.4 Å². The summed E-state index contributed by atoms with van der Waals surface area (Å²) in [5.74, 6) is -4.83. The van der Waals surface area contributed by atoms with Crippen molar-refractivity contribution < 1.29 is 130 Å². The first kappa shape index (κ1) is 119. The number of carboxylic acids is 1. The molecule has 1 atom stereocenters. The SMILES string of the molecule is CC(c1ccnc(-c2[c-]cc(F)cc2F)c1)C1(C)CCCC1.CC1(CCCc2ccc(-c3[c-]cc(F)cc3F)nc2)CCCCC1.CC1(Cc2ccnc(-c3[c-]cc(F)nc3F)c2)CCCC1.Cc1cc[c-]c(-c2ccc(CCC3(C)CCCC3)cn2)c1.N=C(/C=C(\[NH-])c1ccccn1)C(F)(F)F.O=C(O)c1ccccn1.[B].[Ir].[Ir].[Ir].[Ir].c1cn[nH]c1.c1cn[nH]c1.c1cn[nH]c1.c1cn[nH]c1. The van der Waals surface area contributed by atoms with Gasteiger partial charge in [-0.05, 0) is 218 Å². The molecule has 11 heterocycles. The van der Waals surface area contributed by atoms with Crippen molar-refractivity contribution in [2.24, 2.45) is 21.7 Å². The Hall–Kier alpha value is -10.7. The number of hydrogen-bond acceptors (Lipinski definition) is 13. The van der Waals surface area contributed by atoms with Crippen molar-refractivity contribution in [1.29, 1.82) is 5.41 Å². The molecule has 0 spiro atoms. The molecule has 19 nitrogen and oxygen atoms in total. The molecule has 0 aliphatic heterocycles. The van der Waals surface area contributed by atoms with E-state index in [-0.39, 0.29) is 117 Å². The van der Waals surface area contributed by atoms with Crippen LogP contribution in [-0.4, -0.2) is 107 Å². The average molecular weight is 2580 g/mol. The van der Waals surface area contributed by atoms with Gasteiger partial charge in [0.2, 0.25) is 0 Å². The second-order valence-corrected chi connectivity index (χ2v) is 34.2. The van der Waals surface area contributed by atoms with Crippen LogP contribution in [0.2, 0.25) is 0 Å². The Labute approximate surface area is 853 Å². The first-order chi connectivity index (χ1) is 63.5. The maximum atomic E-state index is 13.9. The summed E-state index contributed by atoms with van der Waals surface area (Å²) < 4.78 is 116. The predicted molar refractivity (Wildman–Crippen MR) is 502 cm³/mol. The van der Waals surface area contributed by atoms with Gasteiger partial charge in [-0.3, -0.25) is 53.3 Å². The number of aryl methyl sites for hydroxylation is 3. The normalized spacial score (nSPS) is 14.3. The van der Waals surface area contributed by atoms with Crippen molar-refractivity contribution in [3.63, 3.8) is 0 Å². The number of rotatable bonds is 18. The van der Waals surface area contributed by atoms with Crippen LogP contribution in [0.15, 0.2) is 251 Å². The zero-order chi connectivity index (χ0) is 94.6. The van der Waals surface area contributed by atoms with E-state index in [0.29, 0.717) is 50.7 Å². The molecule has 4 saturated carbocycles. The number of benzene rings is 3. The fraction of sp³-hybridized carbons (Fsp3) is 0.337. The van der Waals surface area contributed by atoms with Gasteiger partial charge in [0.25, 0.3) is 0 Å². The van der Waals surface area contributed by atoms with Gasteiger partial charge in [0, 0.05) is 205 Å². The number of nitrogens with one attached hydrogen (secondary N) is 6. The molecule has 33 heteroatoms. The largest absolute Gasteiger partial charge is 0.697 e. The Bertz CT molecular complexity index is 5510. The van der Waals surface area contributed by atoms with E-state index in [9.17, 15) is 44.3 Å². The molecule has 137 heavy (non-hydrogen) atoms. The van der Waals surface area contributed by atoms with Gasteiger partial charge in [0.15, 0.2) is 0 Å². The third-order valence-corrected chi connectivity index (χ3v) is 23.6. The maximum absolute atomic E-state index is 13.9. The topological polar surface area (TPSA) is 290 Å². The number of hydrogen-bond donors (Lipinski definition) is 6. The van der Waals surface area contributed by atoms with E-state index in [2.05, 4.69) is 166 Å². The van der Waals surface area contributed by atoms with Gasteiger partial charge in [0.1, 0.15) is 23.3 Å². The van der Waals surface area contributed by atoms with Crippen LogP contribution in [0.25, 0.3) is 56.5 Å². The first-order valence-electron chi connectivity index (χ1n) is 44.1. The average Bonchev–Trinajstić information content (AvgIpc) is 1.41. The van der Waals surface area contributed by atoms with E-state index in [4.69, 9.17) is 16.2 Å². The van der Waals surface area contributed by atoms with Crippen molar-refractivity contribution in [3.05, 3.63) is 355 Å². The van der Waals surface area contributed by atoms with Crippen molar-refractivity contribution in [1.82, 2.24) is 75.7 Å². The van der Waals surface area contributed by atoms with E-state index in [1.165, 1.54) is 163 Å². The molecule has 0 saturated heterocycles. The third kappa shape index (κ3) is 41.8. The Balaban J connectivity index is 0.000000330. The Kier molecular flexibility index (Phi) is 53.3. The molecule has 733 valence electrons. The molecule has 3 aromatic carbocycles. The van der Waals surface area contributed by atoms with Gasteiger partial charge in [-0.2, -0.15) is 33.6 Å². The van der Waals surface area contributed by atoms with Crippen LogP contribution < -0.4 is 0 Å². The molecule has 4 fully saturated rings. The summed E-state index contributed by atoms with van der Waals surface area (Å²) in [4.78, 5) is 38.0. The minimum atomic E-state index is -4.72. The zero-order valence-electron chi connectivity index (χ0n) is 77.1. The molecule has 4 aliphatic rings. The van der Waals surface area contributed by atoms with E-state index in [1.807, 2.05) is 66.9 Å². The van der Waals surface area contributed by atoms with Gasteiger partial charge in [-0.1, -0.05) is 194 Å². The monoisotopic (exact) mass is 2590 g/mol. The van der Waals surface area contributed by atoms with E-state index >= 15 is 0 Å². The predicted octanol–water partition coefficient (Wildman–Crippen LogP) is 26.4. The zero-order valence-corrected chi connectivity index (χ0v) is 86.7. The molecule has 4 aliphatic carbocycles. The smallest absolute Gasteiger partial charge is 0.432 e. The molecule has 0 bridgehead atoms. The second kappa shape index (κ2) is 61.6. The molecule has 0 amide bonds. The Morgan fingerprint density at radius 3 is 1.40 bits per heavy atom. The Morgan fingerprint density at radius 2 is 0.956 bits per heavy atom. The third-order valence-electron chi connectivity index (χ3n) is 23.6. The molecule has 7 radical (unpaired) electrons. The number of carbonyl (C=O) groups is 1. The van der Waals surface area contributed by atoms with Crippen LogP contribution in [0.1, 0.15) is 213 Å². The van der Waals surface area contributed by atoms with Gasteiger partial charge in [-0.25, -0.2) is 18.6 Å². The van der Waals surface area contributed by atoms with Crippen LogP contribution in [0.4, 0.5) is 39.5 Å². The van der Waals surface area contributed by atoms with Crippen molar-refractivity contribution >= 4 is 25.8 Å². The number of aromatic nitrogens is 15. The summed E-state index contributed by atoms with van der Waals surface area (Å²) in [7, 11) is 0. The van der Waals surface area contributed by atoms with Crippen molar-refractivity contribution in [3.8, 4) is 45.0 Å². The van der Waals surface area contributed by atoms with E-state index < -0.39 is 58.7 Å². The molecular weight excluding hydrogens is 2470 g/mol. The summed E-state index contributed by atoms with van der Waals surface area (Å²) in [5.41, 5.74) is 17.4. The van der Waals surface area contributed by atoms with Gasteiger partial charge in [0.05, 0.1) is 0 Å². The maximum Gasteiger partial charge on any atom is 0.432 e. The van der Waals surface area contributed by atoms with E-state index in [1.54, 1.807) is 98.5 Å². The van der Waals surface area contributed by atoms with Crippen molar-refractivity contribution in [2.45, 2.75) is 201 Å². The van der Waals surface area contributed by atoms with Crippen LogP contribution in [0.5, 0.6) is 0 Å².